The van der Waals surface area contributed by atoms with E-state index in [1.807, 2.05) is 13.8 Å². The minimum absolute atomic E-state index is 0.283. The van der Waals surface area contributed by atoms with Gasteiger partial charge in [0.05, 0.1) is 6.92 Å². The first-order valence-electron chi connectivity index (χ1n) is 5.49. The van der Waals surface area contributed by atoms with Crippen LogP contribution in [0.4, 0.5) is 4.39 Å². The highest BCUT2D eigenvalue weighted by Crippen LogP contribution is 2.23. The van der Waals surface area contributed by atoms with Gasteiger partial charge in [-0.15, -0.1) is 0 Å². The van der Waals surface area contributed by atoms with Crippen molar-refractivity contribution >= 4 is 0 Å². The van der Waals surface area contributed by atoms with Crippen LogP contribution in [0.3, 0.4) is 0 Å². The third kappa shape index (κ3) is 3.74. The molecule has 1 rings (SSSR count). The second-order valence-electron chi connectivity index (χ2n) is 3.44. The van der Waals surface area contributed by atoms with E-state index in [9.17, 15) is 4.39 Å². The van der Waals surface area contributed by atoms with E-state index >= 15 is 0 Å². The van der Waals surface area contributed by atoms with Crippen molar-refractivity contribution in [3.05, 3.63) is 36.2 Å². The largest absolute Gasteiger partial charge is 0.465 e. The molecule has 1 aromatic carbocycles. The lowest BCUT2D eigenvalue weighted by atomic mass is 10.1. The minimum Gasteiger partial charge on any atom is -0.465 e. The molecule has 88 valence electrons. The lowest BCUT2D eigenvalue weighted by Crippen LogP contribution is -2.15. The monoisotopic (exact) mass is 225 g/mol. The Morgan fingerprint density at radius 1 is 1.31 bits per heavy atom. The molecule has 0 amide bonds. The zero-order valence-electron chi connectivity index (χ0n) is 9.94. The molecule has 0 aliphatic heterocycles. The molecule has 0 aliphatic rings. The number of hydrogen-bond acceptors (Lipinski definition) is 2. The highest BCUT2D eigenvalue weighted by Gasteiger charge is 2.14. The minimum atomic E-state index is -1.02. The van der Waals surface area contributed by atoms with Crippen LogP contribution in [-0.4, -0.2) is 12.9 Å². The molecule has 0 radical (unpaired) electrons. The van der Waals surface area contributed by atoms with Crippen LogP contribution in [0.15, 0.2) is 24.3 Å². The molecule has 2 nitrogen and oxygen atoms in total. The second kappa shape index (κ2) is 6.38. The van der Waals surface area contributed by atoms with E-state index in [1.54, 1.807) is 31.2 Å². The molecule has 0 spiro atoms. The smallest absolute Gasteiger partial charge is 0.260 e. The van der Waals surface area contributed by atoms with E-state index in [0.717, 1.165) is 0 Å². The Labute approximate surface area is 96.4 Å². The van der Waals surface area contributed by atoms with Crippen LogP contribution >= 0.6 is 0 Å². The first kappa shape index (κ1) is 12.8. The Hall–Kier alpha value is -1.22. The molecular weight excluding hydrogens is 207 g/mol. The molecule has 0 heterocycles. The maximum absolute atomic E-state index is 13.3. The maximum Gasteiger partial charge on any atom is 0.260 e. The highest BCUT2D eigenvalue weighted by molar-refractivity contribution is 5.29. The molecule has 16 heavy (non-hydrogen) atoms. The van der Waals surface area contributed by atoms with Gasteiger partial charge < -0.3 is 9.47 Å². The van der Waals surface area contributed by atoms with Crippen LogP contribution < -0.4 is 4.74 Å². The van der Waals surface area contributed by atoms with Crippen molar-refractivity contribution < 1.29 is 13.9 Å². The lowest BCUT2D eigenvalue weighted by Gasteiger charge is -2.14. The summed E-state index contributed by atoms with van der Waals surface area (Å²) in [6.07, 6.45) is 0.215. The zero-order valence-corrected chi connectivity index (χ0v) is 9.94. The fourth-order valence-corrected chi connectivity index (χ4v) is 1.38. The molecule has 0 bridgehead atoms. The van der Waals surface area contributed by atoms with Crippen molar-refractivity contribution in [2.75, 3.05) is 6.61 Å². The van der Waals surface area contributed by atoms with E-state index in [0.29, 0.717) is 17.9 Å². The summed E-state index contributed by atoms with van der Waals surface area (Å²) in [6.45, 7) is 6.05. The van der Waals surface area contributed by atoms with E-state index in [1.165, 1.54) is 6.42 Å². The van der Waals surface area contributed by atoms with Gasteiger partial charge in [0.25, 0.3) is 6.17 Å². The Morgan fingerprint density at radius 2 is 1.94 bits per heavy atom. The topological polar surface area (TPSA) is 18.5 Å². The second-order valence-corrected chi connectivity index (χ2v) is 3.44. The van der Waals surface area contributed by atoms with Crippen molar-refractivity contribution in [2.24, 2.45) is 0 Å². The molecule has 1 aromatic rings. The van der Waals surface area contributed by atoms with Crippen LogP contribution in [0.1, 0.15) is 32.5 Å². The van der Waals surface area contributed by atoms with Gasteiger partial charge in [-0.3, -0.25) is 0 Å². The normalized spacial score (nSPS) is 14.2. The van der Waals surface area contributed by atoms with Gasteiger partial charge in [-0.05, 0) is 38.1 Å². The summed E-state index contributed by atoms with van der Waals surface area (Å²) in [7, 11) is 0. The molecule has 2 unspecified atom stereocenters. The average molecular weight is 225 g/mol. The zero-order chi connectivity index (χ0) is 12.0. The van der Waals surface area contributed by atoms with Gasteiger partial charge in [0.2, 0.25) is 0 Å². The molecule has 0 aliphatic carbocycles. The van der Waals surface area contributed by atoms with Crippen molar-refractivity contribution in [1.82, 2.24) is 0 Å². The lowest BCUT2D eigenvalue weighted by molar-refractivity contribution is -0.0613. The predicted octanol–water partition coefficient (Wildman–Crippen LogP) is 3.68. The molecule has 0 aromatic heterocycles. The molecule has 3 heteroatoms. The van der Waals surface area contributed by atoms with Gasteiger partial charge in [-0.25, -0.2) is 0 Å². The average Bonchev–Trinajstić information content (AvgIpc) is 2.29. The Morgan fingerprint density at radius 3 is 2.44 bits per heavy atom. The standard InChI is InChI=1S/C13H18FO2/c1-4-13(14)11-6-8-12(9-7-11)16-10(3)15-5-2/h4,6-10,13H,5H2,1-3H3/q+1. The number of ether oxygens (including phenoxy) is 2. The van der Waals surface area contributed by atoms with Crippen molar-refractivity contribution in [1.29, 1.82) is 0 Å². The van der Waals surface area contributed by atoms with Crippen molar-refractivity contribution in [3.8, 4) is 5.75 Å². The number of halogens is 1. The molecular formula is C13H18FO2+. The third-order valence-electron chi connectivity index (χ3n) is 2.19. The molecule has 0 fully saturated rings. The number of hydrogen-bond donors (Lipinski definition) is 0. The van der Waals surface area contributed by atoms with Crippen LogP contribution in [0.25, 0.3) is 0 Å². The van der Waals surface area contributed by atoms with E-state index in [-0.39, 0.29) is 6.29 Å². The summed E-state index contributed by atoms with van der Waals surface area (Å²) in [5.41, 5.74) is 0.638. The van der Waals surface area contributed by atoms with Crippen molar-refractivity contribution in [2.45, 2.75) is 33.2 Å². The van der Waals surface area contributed by atoms with E-state index < -0.39 is 6.17 Å². The summed E-state index contributed by atoms with van der Waals surface area (Å²) in [5, 5.41) is 0. The molecule has 0 saturated heterocycles. The number of alkyl halides is 1. The number of benzene rings is 1. The van der Waals surface area contributed by atoms with Gasteiger partial charge in [0.15, 0.2) is 6.29 Å². The molecule has 0 N–H and O–H groups in total. The van der Waals surface area contributed by atoms with Crippen LogP contribution in [0, 0.1) is 6.42 Å². The van der Waals surface area contributed by atoms with Crippen molar-refractivity contribution in [3.63, 3.8) is 0 Å². The summed E-state index contributed by atoms with van der Waals surface area (Å²) < 4.78 is 24.0. The highest BCUT2D eigenvalue weighted by atomic mass is 19.1. The number of rotatable bonds is 6. The third-order valence-corrected chi connectivity index (χ3v) is 2.19. The van der Waals surface area contributed by atoms with Crippen LogP contribution in [0.5, 0.6) is 5.75 Å². The van der Waals surface area contributed by atoms with Crippen LogP contribution in [-0.2, 0) is 4.74 Å². The van der Waals surface area contributed by atoms with E-state index in [4.69, 9.17) is 9.47 Å². The van der Waals surface area contributed by atoms with Gasteiger partial charge in [-0.2, -0.15) is 4.39 Å². The summed E-state index contributed by atoms with van der Waals surface area (Å²) >= 11 is 0. The first-order chi connectivity index (χ1) is 7.67. The van der Waals surface area contributed by atoms with Gasteiger partial charge in [-0.1, -0.05) is 0 Å². The SMILES string of the molecule is C[CH+]C(F)c1ccc(OC(C)OCC)cc1. The van der Waals surface area contributed by atoms with E-state index in [2.05, 4.69) is 0 Å². The molecule has 0 saturated carbocycles. The van der Waals surface area contributed by atoms with Gasteiger partial charge in [0.1, 0.15) is 12.2 Å². The van der Waals surface area contributed by atoms with Gasteiger partial charge >= 0.3 is 0 Å². The summed E-state index contributed by atoms with van der Waals surface area (Å²) in [4.78, 5) is 0. The molecule has 2 atom stereocenters. The fourth-order valence-electron chi connectivity index (χ4n) is 1.38. The summed E-state index contributed by atoms with van der Waals surface area (Å²) in [6, 6.07) is 6.94. The summed E-state index contributed by atoms with van der Waals surface area (Å²) in [5.74, 6) is 0.688. The first-order valence-corrected chi connectivity index (χ1v) is 5.49. The predicted molar refractivity (Wildman–Crippen MR) is 62.0 cm³/mol. The maximum atomic E-state index is 13.3. The quantitative estimate of drug-likeness (QED) is 0.543. The van der Waals surface area contributed by atoms with Crippen LogP contribution in [0.2, 0.25) is 0 Å². The Balaban J connectivity index is 2.57. The Bertz CT molecular complexity index is 297. The van der Waals surface area contributed by atoms with Gasteiger partial charge in [0, 0.05) is 12.2 Å². The Kier molecular flexibility index (Phi) is 5.12. The fraction of sp³-hybridized carbons (Fsp3) is 0.462.